The third-order valence-electron chi connectivity index (χ3n) is 5.65. The number of aromatic nitrogens is 3. The summed E-state index contributed by atoms with van der Waals surface area (Å²) in [5, 5.41) is 10.0. The molecule has 0 aliphatic heterocycles. The first-order valence-electron chi connectivity index (χ1n) is 11.4. The molecule has 0 aliphatic carbocycles. The molecule has 3 aromatic carbocycles. The van der Waals surface area contributed by atoms with Crippen LogP contribution in [0.2, 0.25) is 0 Å². The Morgan fingerprint density at radius 1 is 0.923 bits per heavy atom. The van der Waals surface area contributed by atoms with E-state index in [1.807, 2.05) is 0 Å². The number of aromatic amines is 1. The van der Waals surface area contributed by atoms with Crippen LogP contribution in [0.4, 0.5) is 33.7 Å². The quantitative estimate of drug-likeness (QED) is 0.221. The first-order chi connectivity index (χ1) is 18.7. The summed E-state index contributed by atoms with van der Waals surface area (Å²) in [4.78, 5) is 18.0. The van der Waals surface area contributed by atoms with Gasteiger partial charge in [-0.1, -0.05) is 0 Å². The number of H-pyrrole nitrogens is 1. The molecule has 0 spiro atoms. The number of nitrogens with zero attached hydrogens (tertiary/aromatic N) is 3. The molecule has 2 aromatic heterocycles. The van der Waals surface area contributed by atoms with Gasteiger partial charge < -0.3 is 14.8 Å². The van der Waals surface area contributed by atoms with Gasteiger partial charge in [0.15, 0.2) is 5.65 Å². The summed E-state index contributed by atoms with van der Waals surface area (Å²) in [7, 11) is 1.34. The number of benzene rings is 3. The Hall–Kier alpha value is -5.13. The van der Waals surface area contributed by atoms with Crippen molar-refractivity contribution in [3.05, 3.63) is 96.6 Å². The zero-order valence-corrected chi connectivity index (χ0v) is 20.2. The fraction of sp³-hybridized carbons (Fsp3) is 0.0741. The lowest BCUT2D eigenvalue weighted by atomic mass is 10.1. The summed E-state index contributed by atoms with van der Waals surface area (Å²) in [5.74, 6) is 0.0302. The summed E-state index contributed by atoms with van der Waals surface area (Å²) in [5.41, 5.74) is -0.140. The van der Waals surface area contributed by atoms with Crippen LogP contribution in [0.15, 0.2) is 85.2 Å². The third-order valence-corrected chi connectivity index (χ3v) is 5.65. The summed E-state index contributed by atoms with van der Waals surface area (Å²) >= 11 is 0. The number of halogens is 4. The molecule has 198 valence electrons. The predicted molar refractivity (Wildman–Crippen MR) is 136 cm³/mol. The molecular weight excluding hydrogens is 518 g/mol. The van der Waals surface area contributed by atoms with Crippen molar-refractivity contribution >= 4 is 28.4 Å². The fourth-order valence-electron chi connectivity index (χ4n) is 3.64. The monoisotopic (exact) mass is 537 g/mol. The first-order valence-corrected chi connectivity index (χ1v) is 11.4. The fourth-order valence-corrected chi connectivity index (χ4v) is 3.64. The van der Waals surface area contributed by atoms with Crippen molar-refractivity contribution in [1.29, 1.82) is 0 Å². The van der Waals surface area contributed by atoms with Gasteiger partial charge in [-0.3, -0.25) is 10.00 Å². The largest absolute Gasteiger partial charge is 0.457 e. The summed E-state index contributed by atoms with van der Waals surface area (Å²) in [6, 6.07) is 15.3. The molecule has 2 N–H and O–H groups in total. The molecule has 0 saturated carbocycles. The number of hydrogen-bond donors (Lipinski definition) is 2. The molecule has 0 aliphatic rings. The van der Waals surface area contributed by atoms with Crippen LogP contribution in [0.5, 0.6) is 23.0 Å². The van der Waals surface area contributed by atoms with Gasteiger partial charge >= 0.3 is 12.2 Å². The maximum absolute atomic E-state index is 13.8. The topological polar surface area (TPSA) is 92.4 Å². The average Bonchev–Trinajstić information content (AvgIpc) is 3.40. The zero-order valence-electron chi connectivity index (χ0n) is 20.2. The maximum Gasteiger partial charge on any atom is 0.420 e. The number of amides is 2. The van der Waals surface area contributed by atoms with Gasteiger partial charge in [0.05, 0.1) is 11.6 Å². The number of nitrogens with one attached hydrogen (secondary N) is 2. The third kappa shape index (κ3) is 5.74. The number of carbonyl (C=O) groups is 1. The first kappa shape index (κ1) is 25.5. The summed E-state index contributed by atoms with van der Waals surface area (Å²) in [6.45, 7) is 0. The van der Waals surface area contributed by atoms with Gasteiger partial charge in [0.2, 0.25) is 0 Å². The highest BCUT2D eigenvalue weighted by Crippen LogP contribution is 2.40. The highest BCUT2D eigenvalue weighted by Gasteiger charge is 2.35. The van der Waals surface area contributed by atoms with Crippen LogP contribution in [0.1, 0.15) is 5.56 Å². The number of ether oxygens (including phenoxy) is 2. The number of urea groups is 1. The number of anilines is 2. The lowest BCUT2D eigenvalue weighted by Crippen LogP contribution is -2.31. The molecule has 5 aromatic rings. The van der Waals surface area contributed by atoms with E-state index in [0.717, 1.165) is 29.2 Å². The van der Waals surface area contributed by atoms with Gasteiger partial charge in [0, 0.05) is 24.6 Å². The van der Waals surface area contributed by atoms with E-state index in [2.05, 4.69) is 20.5 Å². The minimum Gasteiger partial charge on any atom is -0.457 e. The SMILES string of the molecule is CN(C(=O)Nc1ccc(Oc2ccnc3[nH]ncc23)cc1)c1ccc(Oc2ccc(F)cc2)c(C(F)(F)F)c1. The summed E-state index contributed by atoms with van der Waals surface area (Å²) in [6.07, 6.45) is -1.60. The molecule has 0 unspecified atom stereocenters. The van der Waals surface area contributed by atoms with Gasteiger partial charge in [-0.2, -0.15) is 18.3 Å². The van der Waals surface area contributed by atoms with Crippen molar-refractivity contribution in [2.75, 3.05) is 17.3 Å². The van der Waals surface area contributed by atoms with Crippen LogP contribution in [0.25, 0.3) is 11.0 Å². The lowest BCUT2D eigenvalue weighted by molar-refractivity contribution is -0.138. The highest BCUT2D eigenvalue weighted by atomic mass is 19.4. The van der Waals surface area contributed by atoms with Crippen molar-refractivity contribution in [2.24, 2.45) is 0 Å². The highest BCUT2D eigenvalue weighted by molar-refractivity contribution is 6.01. The standard InChI is InChI=1S/C27H19F4N5O3/c1-36(18-6-11-24(22(14-18)27(29,30)31)39-19-7-2-16(28)3-8-19)26(37)34-17-4-9-20(10-5-17)38-23-12-13-32-25-21(23)15-33-35-25/h2-15H,1H3,(H,34,37)(H,32,33,35). The van der Waals surface area contributed by atoms with Crippen molar-refractivity contribution in [3.8, 4) is 23.0 Å². The molecule has 0 bridgehead atoms. The van der Waals surface area contributed by atoms with E-state index < -0.39 is 29.3 Å². The van der Waals surface area contributed by atoms with E-state index in [1.165, 1.54) is 25.2 Å². The number of pyridine rings is 1. The second kappa shape index (κ2) is 10.3. The zero-order chi connectivity index (χ0) is 27.6. The van der Waals surface area contributed by atoms with Gasteiger partial charge in [0.25, 0.3) is 0 Å². The molecule has 0 radical (unpaired) electrons. The Morgan fingerprint density at radius 3 is 2.28 bits per heavy atom. The lowest BCUT2D eigenvalue weighted by Gasteiger charge is -2.21. The van der Waals surface area contributed by atoms with Gasteiger partial charge in [-0.15, -0.1) is 0 Å². The molecule has 39 heavy (non-hydrogen) atoms. The number of fused-ring (bicyclic) bond motifs is 1. The van der Waals surface area contributed by atoms with Crippen LogP contribution in [-0.4, -0.2) is 28.3 Å². The minimum absolute atomic E-state index is 0.0203. The van der Waals surface area contributed by atoms with Crippen molar-refractivity contribution < 1.29 is 31.8 Å². The van der Waals surface area contributed by atoms with Gasteiger partial charge in [-0.05, 0) is 72.8 Å². The average molecular weight is 537 g/mol. The number of rotatable bonds is 6. The Kier molecular flexibility index (Phi) is 6.75. The van der Waals surface area contributed by atoms with E-state index >= 15 is 0 Å². The maximum atomic E-state index is 13.8. The van der Waals surface area contributed by atoms with Crippen LogP contribution in [-0.2, 0) is 6.18 Å². The molecule has 2 amide bonds. The van der Waals surface area contributed by atoms with Crippen LogP contribution < -0.4 is 19.7 Å². The van der Waals surface area contributed by atoms with Gasteiger partial charge in [0.1, 0.15) is 34.4 Å². The van der Waals surface area contributed by atoms with Crippen LogP contribution in [0, 0.1) is 5.82 Å². The van der Waals surface area contributed by atoms with Crippen molar-refractivity contribution in [1.82, 2.24) is 15.2 Å². The van der Waals surface area contributed by atoms with Crippen LogP contribution in [0.3, 0.4) is 0 Å². The Labute approximate surface area is 218 Å². The Bertz CT molecular complexity index is 1620. The molecule has 0 atom stereocenters. The molecular formula is C27H19F4N5O3. The molecule has 0 saturated heterocycles. The summed E-state index contributed by atoms with van der Waals surface area (Å²) < 4.78 is 65.7. The molecule has 0 fully saturated rings. The van der Waals surface area contributed by atoms with E-state index in [0.29, 0.717) is 28.2 Å². The van der Waals surface area contributed by atoms with E-state index in [1.54, 1.807) is 42.7 Å². The normalized spacial score (nSPS) is 11.3. The van der Waals surface area contributed by atoms with E-state index in [4.69, 9.17) is 9.47 Å². The van der Waals surface area contributed by atoms with Crippen molar-refractivity contribution in [3.63, 3.8) is 0 Å². The number of alkyl halides is 3. The second-order valence-corrected chi connectivity index (χ2v) is 8.29. The second-order valence-electron chi connectivity index (χ2n) is 8.29. The smallest absolute Gasteiger partial charge is 0.420 e. The molecule has 8 nitrogen and oxygen atoms in total. The van der Waals surface area contributed by atoms with E-state index in [-0.39, 0.29) is 11.4 Å². The minimum atomic E-state index is -4.77. The number of carbonyl (C=O) groups excluding carboxylic acids is 1. The number of hydrogen-bond acceptors (Lipinski definition) is 5. The Balaban J connectivity index is 1.29. The Morgan fingerprint density at radius 2 is 1.59 bits per heavy atom. The van der Waals surface area contributed by atoms with Crippen molar-refractivity contribution in [2.45, 2.75) is 6.18 Å². The molecule has 2 heterocycles. The molecule has 5 rings (SSSR count). The van der Waals surface area contributed by atoms with E-state index in [9.17, 15) is 22.4 Å². The van der Waals surface area contributed by atoms with Gasteiger partial charge in [-0.25, -0.2) is 14.2 Å². The van der Waals surface area contributed by atoms with Crippen LogP contribution >= 0.6 is 0 Å². The molecule has 12 heteroatoms. The predicted octanol–water partition coefficient (Wildman–Crippen LogP) is 7.37.